The SMILES string of the molecule is CCCCc1noc(C)c1CCc1ccc(C(=O)NC(C)CO)cn1. The Morgan fingerprint density at radius 3 is 2.76 bits per heavy atom. The molecule has 0 aliphatic heterocycles. The second-order valence-corrected chi connectivity index (χ2v) is 6.36. The molecular formula is C19H27N3O3. The average Bonchev–Trinajstić information content (AvgIpc) is 2.98. The maximum atomic E-state index is 12.0. The van der Waals surface area contributed by atoms with Gasteiger partial charge >= 0.3 is 0 Å². The lowest BCUT2D eigenvalue weighted by Gasteiger charge is -2.10. The van der Waals surface area contributed by atoms with Gasteiger partial charge in [-0.15, -0.1) is 0 Å². The van der Waals surface area contributed by atoms with E-state index in [9.17, 15) is 4.79 Å². The first-order valence-electron chi connectivity index (χ1n) is 8.85. The minimum atomic E-state index is -0.273. The topological polar surface area (TPSA) is 88.2 Å². The molecule has 0 aliphatic rings. The highest BCUT2D eigenvalue weighted by molar-refractivity contribution is 5.94. The van der Waals surface area contributed by atoms with Crippen molar-refractivity contribution in [3.63, 3.8) is 0 Å². The highest BCUT2D eigenvalue weighted by Crippen LogP contribution is 2.18. The predicted molar refractivity (Wildman–Crippen MR) is 95.5 cm³/mol. The Kier molecular flexibility index (Phi) is 7.13. The smallest absolute Gasteiger partial charge is 0.253 e. The number of hydrogen-bond donors (Lipinski definition) is 2. The van der Waals surface area contributed by atoms with Crippen molar-refractivity contribution in [1.82, 2.24) is 15.5 Å². The van der Waals surface area contributed by atoms with Crippen molar-refractivity contribution in [3.8, 4) is 0 Å². The number of aryl methyl sites for hydroxylation is 3. The normalized spacial score (nSPS) is 12.2. The van der Waals surface area contributed by atoms with Gasteiger partial charge in [-0.05, 0) is 51.7 Å². The third kappa shape index (κ3) is 5.39. The van der Waals surface area contributed by atoms with Gasteiger partial charge in [-0.2, -0.15) is 0 Å². The molecule has 2 rings (SSSR count). The average molecular weight is 345 g/mol. The van der Waals surface area contributed by atoms with Gasteiger partial charge in [0.05, 0.1) is 17.9 Å². The van der Waals surface area contributed by atoms with Crippen molar-refractivity contribution in [1.29, 1.82) is 0 Å². The summed E-state index contributed by atoms with van der Waals surface area (Å²) in [7, 11) is 0. The first kappa shape index (κ1) is 19.1. The summed E-state index contributed by atoms with van der Waals surface area (Å²) in [6, 6.07) is 3.36. The molecule has 25 heavy (non-hydrogen) atoms. The quantitative estimate of drug-likeness (QED) is 0.729. The third-order valence-corrected chi connectivity index (χ3v) is 4.20. The molecule has 2 heterocycles. The maximum Gasteiger partial charge on any atom is 0.253 e. The molecule has 0 spiro atoms. The number of carbonyl (C=O) groups is 1. The molecule has 2 N–H and O–H groups in total. The summed E-state index contributed by atoms with van der Waals surface area (Å²) >= 11 is 0. The number of aromatic nitrogens is 2. The van der Waals surface area contributed by atoms with Crippen molar-refractivity contribution < 1.29 is 14.4 Å². The molecule has 6 heteroatoms. The van der Waals surface area contributed by atoms with Gasteiger partial charge in [-0.25, -0.2) is 0 Å². The maximum absolute atomic E-state index is 12.0. The number of unbranched alkanes of at least 4 members (excludes halogenated alkanes) is 1. The molecule has 1 unspecified atom stereocenters. The van der Waals surface area contributed by atoms with Crippen LogP contribution in [0.1, 0.15) is 59.8 Å². The Hall–Kier alpha value is -2.21. The molecule has 0 bridgehead atoms. The Bertz CT molecular complexity index is 680. The van der Waals surface area contributed by atoms with Crippen LogP contribution in [0.5, 0.6) is 0 Å². The lowest BCUT2D eigenvalue weighted by atomic mass is 10.0. The van der Waals surface area contributed by atoms with Crippen LogP contribution in [-0.2, 0) is 19.3 Å². The number of amides is 1. The van der Waals surface area contributed by atoms with Crippen molar-refractivity contribution in [2.75, 3.05) is 6.61 Å². The molecule has 1 amide bonds. The summed E-state index contributed by atoms with van der Waals surface area (Å²) in [6.07, 6.45) is 6.36. The van der Waals surface area contributed by atoms with Gasteiger partial charge < -0.3 is 14.9 Å². The number of aliphatic hydroxyl groups is 1. The van der Waals surface area contributed by atoms with Gasteiger partial charge in [0.15, 0.2) is 0 Å². The van der Waals surface area contributed by atoms with Crippen molar-refractivity contribution in [3.05, 3.63) is 46.6 Å². The Morgan fingerprint density at radius 1 is 1.32 bits per heavy atom. The van der Waals surface area contributed by atoms with E-state index in [0.29, 0.717) is 5.56 Å². The number of carbonyl (C=O) groups excluding carboxylic acids is 1. The number of nitrogens with one attached hydrogen (secondary N) is 1. The molecule has 6 nitrogen and oxygen atoms in total. The van der Waals surface area contributed by atoms with E-state index in [4.69, 9.17) is 9.63 Å². The van der Waals surface area contributed by atoms with E-state index >= 15 is 0 Å². The molecule has 0 radical (unpaired) electrons. The van der Waals surface area contributed by atoms with Crippen LogP contribution < -0.4 is 5.32 Å². The summed E-state index contributed by atoms with van der Waals surface area (Å²) in [5.74, 6) is 0.650. The monoisotopic (exact) mass is 345 g/mol. The van der Waals surface area contributed by atoms with Gasteiger partial charge in [0, 0.05) is 23.5 Å². The van der Waals surface area contributed by atoms with E-state index in [1.165, 1.54) is 5.56 Å². The Balaban J connectivity index is 1.96. The second kappa shape index (κ2) is 9.32. The van der Waals surface area contributed by atoms with Crippen LogP contribution in [0, 0.1) is 6.92 Å². The summed E-state index contributed by atoms with van der Waals surface area (Å²) < 4.78 is 5.34. The minimum absolute atomic E-state index is 0.0876. The highest BCUT2D eigenvalue weighted by atomic mass is 16.5. The zero-order valence-electron chi connectivity index (χ0n) is 15.2. The van der Waals surface area contributed by atoms with E-state index < -0.39 is 0 Å². The Labute approximate surface area is 148 Å². The van der Waals surface area contributed by atoms with E-state index in [-0.39, 0.29) is 18.6 Å². The fraction of sp³-hybridized carbons (Fsp3) is 0.526. The summed E-state index contributed by atoms with van der Waals surface area (Å²) in [6.45, 7) is 5.77. The number of pyridine rings is 1. The summed E-state index contributed by atoms with van der Waals surface area (Å²) in [5, 5.41) is 15.9. The summed E-state index contributed by atoms with van der Waals surface area (Å²) in [5.41, 5.74) is 3.64. The van der Waals surface area contributed by atoms with Gasteiger partial charge in [-0.3, -0.25) is 9.78 Å². The molecule has 2 aromatic heterocycles. The minimum Gasteiger partial charge on any atom is -0.394 e. The van der Waals surface area contributed by atoms with E-state index in [0.717, 1.165) is 49.3 Å². The summed E-state index contributed by atoms with van der Waals surface area (Å²) in [4.78, 5) is 16.4. The molecule has 0 saturated heterocycles. The second-order valence-electron chi connectivity index (χ2n) is 6.36. The van der Waals surface area contributed by atoms with E-state index in [1.54, 1.807) is 19.2 Å². The van der Waals surface area contributed by atoms with Crippen molar-refractivity contribution in [2.45, 2.75) is 58.9 Å². The van der Waals surface area contributed by atoms with Gasteiger partial charge in [0.25, 0.3) is 5.91 Å². The standard InChI is InChI=1S/C19H27N3O3/c1-4-5-6-18-17(14(3)25-22-18)10-9-16-8-7-15(11-20-16)19(24)21-13(2)12-23/h7-8,11,13,23H,4-6,9-10,12H2,1-3H3,(H,21,24). The van der Waals surface area contributed by atoms with Gasteiger partial charge in [0.2, 0.25) is 0 Å². The number of nitrogens with zero attached hydrogens (tertiary/aromatic N) is 2. The number of aliphatic hydroxyl groups excluding tert-OH is 1. The van der Waals surface area contributed by atoms with Crippen LogP contribution in [0.25, 0.3) is 0 Å². The molecule has 0 fully saturated rings. The lowest BCUT2D eigenvalue weighted by Crippen LogP contribution is -2.35. The highest BCUT2D eigenvalue weighted by Gasteiger charge is 2.13. The van der Waals surface area contributed by atoms with Gasteiger partial charge in [0.1, 0.15) is 5.76 Å². The van der Waals surface area contributed by atoms with Crippen molar-refractivity contribution in [2.24, 2.45) is 0 Å². The van der Waals surface area contributed by atoms with Crippen LogP contribution in [0.3, 0.4) is 0 Å². The van der Waals surface area contributed by atoms with Gasteiger partial charge in [-0.1, -0.05) is 18.5 Å². The fourth-order valence-corrected chi connectivity index (χ4v) is 2.61. The molecule has 0 aliphatic carbocycles. The zero-order valence-corrected chi connectivity index (χ0v) is 15.2. The van der Waals surface area contributed by atoms with Crippen LogP contribution in [0.15, 0.2) is 22.9 Å². The molecule has 136 valence electrons. The Morgan fingerprint density at radius 2 is 2.12 bits per heavy atom. The number of hydrogen-bond acceptors (Lipinski definition) is 5. The molecule has 0 aromatic carbocycles. The third-order valence-electron chi connectivity index (χ3n) is 4.20. The molecule has 2 aromatic rings. The zero-order chi connectivity index (χ0) is 18.2. The van der Waals surface area contributed by atoms with Crippen LogP contribution in [0.4, 0.5) is 0 Å². The molecular weight excluding hydrogens is 318 g/mol. The van der Waals surface area contributed by atoms with E-state index in [1.807, 2.05) is 13.0 Å². The van der Waals surface area contributed by atoms with Crippen LogP contribution >= 0.6 is 0 Å². The van der Waals surface area contributed by atoms with Crippen molar-refractivity contribution >= 4 is 5.91 Å². The first-order valence-corrected chi connectivity index (χ1v) is 8.85. The lowest BCUT2D eigenvalue weighted by molar-refractivity contribution is 0.0922. The van der Waals surface area contributed by atoms with E-state index in [2.05, 4.69) is 22.4 Å². The predicted octanol–water partition coefficient (Wildman–Crippen LogP) is 2.62. The largest absolute Gasteiger partial charge is 0.394 e. The first-order chi connectivity index (χ1) is 12.0. The molecule has 0 saturated carbocycles. The van der Waals surface area contributed by atoms with Crippen LogP contribution in [0.2, 0.25) is 0 Å². The fourth-order valence-electron chi connectivity index (χ4n) is 2.61. The number of rotatable bonds is 9. The molecule has 1 atom stereocenters. The van der Waals surface area contributed by atoms with Crippen LogP contribution in [-0.4, -0.2) is 33.8 Å².